The Morgan fingerprint density at radius 3 is 2.42 bits per heavy atom. The molecule has 0 radical (unpaired) electrons. The molecule has 0 saturated carbocycles. The van der Waals surface area contributed by atoms with E-state index >= 15 is 0 Å². The smallest absolute Gasteiger partial charge is 0.271 e. The number of carbonyl (C=O) groups excluding carboxylic acids is 2. The average Bonchev–Trinajstić information content (AvgIpc) is 3.04. The highest BCUT2D eigenvalue weighted by molar-refractivity contribution is 6.40. The van der Waals surface area contributed by atoms with Crippen molar-refractivity contribution in [2.45, 2.75) is 18.9 Å². The first-order valence-electron chi connectivity index (χ1n) is 7.86. The monoisotopic (exact) mass is 417 g/mol. The molecule has 1 aromatic carbocycles. The predicted molar refractivity (Wildman–Crippen MR) is 104 cm³/mol. The number of anilines is 1. The normalized spacial score (nSPS) is 14.4. The van der Waals surface area contributed by atoms with E-state index in [4.69, 9.17) is 23.2 Å². The molecule has 1 aliphatic rings. The molecule has 1 aromatic heterocycles. The Balaban J connectivity index is 0.00000243. The van der Waals surface area contributed by atoms with Crippen LogP contribution < -0.4 is 16.0 Å². The maximum atomic E-state index is 12.5. The quantitative estimate of drug-likeness (QED) is 0.613. The van der Waals surface area contributed by atoms with Gasteiger partial charge in [0.05, 0.1) is 27.5 Å². The highest BCUT2D eigenvalue weighted by Gasteiger charge is 2.22. The Bertz CT molecular complexity index is 770. The number of halogens is 3. The van der Waals surface area contributed by atoms with Gasteiger partial charge >= 0.3 is 0 Å². The number of hydrogen-bond donors (Lipinski definition) is 4. The van der Waals surface area contributed by atoms with Crippen molar-refractivity contribution < 1.29 is 9.59 Å². The number of aromatic amines is 1. The molecule has 1 aliphatic heterocycles. The van der Waals surface area contributed by atoms with Crippen molar-refractivity contribution in [3.05, 3.63) is 45.7 Å². The summed E-state index contributed by atoms with van der Waals surface area (Å²) in [6.45, 7) is 1.73. The number of benzene rings is 1. The van der Waals surface area contributed by atoms with Crippen molar-refractivity contribution in [2.24, 2.45) is 0 Å². The summed E-state index contributed by atoms with van der Waals surface area (Å²) in [6.07, 6.45) is 3.09. The molecule has 7 nitrogen and oxygen atoms in total. The summed E-state index contributed by atoms with van der Waals surface area (Å²) in [4.78, 5) is 24.9. The van der Waals surface area contributed by atoms with E-state index in [1.165, 1.54) is 6.20 Å². The van der Waals surface area contributed by atoms with E-state index in [9.17, 15) is 9.59 Å². The molecular weight excluding hydrogens is 401 g/mol. The Morgan fingerprint density at radius 1 is 1.12 bits per heavy atom. The van der Waals surface area contributed by atoms with Gasteiger partial charge in [-0.15, -0.1) is 12.4 Å². The zero-order chi connectivity index (χ0) is 17.8. The SMILES string of the molecule is Cl.O=C(NC1CCNCC1)c1[nH]ncc1NC(=O)c1c(Cl)cccc1Cl. The van der Waals surface area contributed by atoms with Gasteiger partial charge in [0.1, 0.15) is 5.69 Å². The van der Waals surface area contributed by atoms with Gasteiger partial charge in [0.25, 0.3) is 11.8 Å². The Morgan fingerprint density at radius 2 is 1.77 bits per heavy atom. The number of rotatable bonds is 4. The number of hydrogen-bond acceptors (Lipinski definition) is 4. The molecular formula is C16H18Cl3N5O2. The van der Waals surface area contributed by atoms with E-state index in [1.807, 2.05) is 0 Å². The molecule has 3 rings (SSSR count). The number of aromatic nitrogens is 2. The topological polar surface area (TPSA) is 98.9 Å². The van der Waals surface area contributed by atoms with Crippen molar-refractivity contribution in [1.29, 1.82) is 0 Å². The number of piperidine rings is 1. The molecule has 4 N–H and O–H groups in total. The average molecular weight is 419 g/mol. The van der Waals surface area contributed by atoms with Crippen molar-refractivity contribution in [3.8, 4) is 0 Å². The Hall–Kier alpha value is -1.80. The Labute approximate surface area is 166 Å². The second-order valence-corrected chi connectivity index (χ2v) is 6.52. The lowest BCUT2D eigenvalue weighted by Gasteiger charge is -2.23. The highest BCUT2D eigenvalue weighted by Crippen LogP contribution is 2.25. The van der Waals surface area contributed by atoms with Crippen molar-refractivity contribution in [1.82, 2.24) is 20.8 Å². The molecule has 0 bridgehead atoms. The van der Waals surface area contributed by atoms with Crippen LogP contribution in [0.1, 0.15) is 33.7 Å². The van der Waals surface area contributed by atoms with Crippen molar-refractivity contribution in [2.75, 3.05) is 18.4 Å². The first kappa shape index (κ1) is 20.5. The molecule has 0 atom stereocenters. The molecule has 2 aromatic rings. The number of carbonyl (C=O) groups is 2. The standard InChI is InChI=1S/C16H17Cl2N5O2.ClH/c17-10-2-1-3-11(18)13(10)15(24)22-12-8-20-23-14(12)16(25)21-9-4-6-19-7-5-9;/h1-3,8-9,19H,4-7H2,(H,20,23)(H,21,25)(H,22,24);1H. The van der Waals surface area contributed by atoms with Crippen LogP contribution >= 0.6 is 35.6 Å². The lowest BCUT2D eigenvalue weighted by atomic mass is 10.1. The van der Waals surface area contributed by atoms with Crippen molar-refractivity contribution >= 4 is 53.1 Å². The fraction of sp³-hybridized carbons (Fsp3) is 0.312. The molecule has 0 spiro atoms. The van der Waals surface area contributed by atoms with Gasteiger partial charge < -0.3 is 16.0 Å². The number of nitrogens with one attached hydrogen (secondary N) is 4. The minimum atomic E-state index is -0.507. The van der Waals surface area contributed by atoms with Gasteiger partial charge in [-0.2, -0.15) is 5.10 Å². The van der Waals surface area contributed by atoms with Gasteiger partial charge in [-0.1, -0.05) is 29.3 Å². The number of H-pyrrole nitrogens is 1. The van der Waals surface area contributed by atoms with Gasteiger partial charge in [0.15, 0.2) is 0 Å². The minimum Gasteiger partial charge on any atom is -0.348 e. The van der Waals surface area contributed by atoms with Gasteiger partial charge in [-0.05, 0) is 38.1 Å². The first-order chi connectivity index (χ1) is 12.1. The highest BCUT2D eigenvalue weighted by atomic mass is 35.5. The van der Waals surface area contributed by atoms with Crippen LogP contribution in [0.25, 0.3) is 0 Å². The van der Waals surface area contributed by atoms with Crippen LogP contribution in [0.2, 0.25) is 10.0 Å². The lowest BCUT2D eigenvalue weighted by Crippen LogP contribution is -2.43. The lowest BCUT2D eigenvalue weighted by molar-refractivity contribution is 0.0925. The molecule has 10 heteroatoms. The molecule has 2 amide bonds. The van der Waals surface area contributed by atoms with Crippen LogP contribution in [0.4, 0.5) is 5.69 Å². The van der Waals surface area contributed by atoms with Gasteiger partial charge in [-0.25, -0.2) is 0 Å². The predicted octanol–water partition coefficient (Wildman–Crippen LogP) is 2.87. The fourth-order valence-corrected chi connectivity index (χ4v) is 3.25. The van der Waals surface area contributed by atoms with Gasteiger partial charge in [-0.3, -0.25) is 14.7 Å². The minimum absolute atomic E-state index is 0. The molecule has 2 heterocycles. The summed E-state index contributed by atoms with van der Waals surface area (Å²) in [5, 5.41) is 15.7. The number of amides is 2. The zero-order valence-corrected chi connectivity index (χ0v) is 16.0. The van der Waals surface area contributed by atoms with E-state index in [0.29, 0.717) is 0 Å². The second-order valence-electron chi connectivity index (χ2n) is 5.71. The molecule has 0 aliphatic carbocycles. The largest absolute Gasteiger partial charge is 0.348 e. The maximum Gasteiger partial charge on any atom is 0.271 e. The summed E-state index contributed by atoms with van der Waals surface area (Å²) < 4.78 is 0. The number of nitrogens with zero attached hydrogens (tertiary/aromatic N) is 1. The third-order valence-electron chi connectivity index (χ3n) is 3.98. The summed E-state index contributed by atoms with van der Waals surface area (Å²) in [5.74, 6) is -0.821. The van der Waals surface area contributed by atoms with Crippen LogP contribution in [0.3, 0.4) is 0 Å². The van der Waals surface area contributed by atoms with E-state index in [-0.39, 0.29) is 51.3 Å². The molecule has 1 fully saturated rings. The second kappa shape index (κ2) is 9.23. The van der Waals surface area contributed by atoms with Gasteiger partial charge in [0.2, 0.25) is 0 Å². The third kappa shape index (κ3) is 4.67. The van der Waals surface area contributed by atoms with Gasteiger partial charge in [0, 0.05) is 6.04 Å². The first-order valence-corrected chi connectivity index (χ1v) is 8.62. The molecule has 140 valence electrons. The maximum absolute atomic E-state index is 12.5. The summed E-state index contributed by atoms with van der Waals surface area (Å²) in [5.41, 5.74) is 0.610. The van der Waals surface area contributed by atoms with Crippen LogP contribution in [0.5, 0.6) is 0 Å². The van der Waals surface area contributed by atoms with Crippen LogP contribution in [0.15, 0.2) is 24.4 Å². The molecule has 1 saturated heterocycles. The van der Waals surface area contributed by atoms with Crippen molar-refractivity contribution in [3.63, 3.8) is 0 Å². The van der Waals surface area contributed by atoms with E-state index in [1.54, 1.807) is 18.2 Å². The van der Waals surface area contributed by atoms with Crippen LogP contribution in [0, 0.1) is 0 Å². The van der Waals surface area contributed by atoms with E-state index in [2.05, 4.69) is 26.1 Å². The zero-order valence-electron chi connectivity index (χ0n) is 13.6. The van der Waals surface area contributed by atoms with E-state index < -0.39 is 5.91 Å². The molecule has 0 unspecified atom stereocenters. The molecule has 26 heavy (non-hydrogen) atoms. The fourth-order valence-electron chi connectivity index (χ4n) is 2.68. The van der Waals surface area contributed by atoms with E-state index in [0.717, 1.165) is 25.9 Å². The summed E-state index contributed by atoms with van der Waals surface area (Å²) >= 11 is 12.1. The third-order valence-corrected chi connectivity index (χ3v) is 4.61. The summed E-state index contributed by atoms with van der Waals surface area (Å²) in [6, 6.07) is 4.89. The van der Waals surface area contributed by atoms with Crippen LogP contribution in [-0.4, -0.2) is 41.1 Å². The van der Waals surface area contributed by atoms with Crippen LogP contribution in [-0.2, 0) is 0 Å². The summed E-state index contributed by atoms with van der Waals surface area (Å²) in [7, 11) is 0. The Kier molecular flexibility index (Phi) is 7.28.